The highest BCUT2D eigenvalue weighted by Crippen LogP contribution is 2.25. The number of Topliss-reactive ketones (excluding diaryl/α,β-unsaturated/α-hetero) is 1. The topological polar surface area (TPSA) is 59.0 Å². The molecule has 2 aromatic carbocycles. The SMILES string of the molecule is CC(=O)c1cccc(NC(=S)Nc2c(C)nn(Cc3ccc(Cl)c(Cl)c3)c2C)c1. The van der Waals surface area contributed by atoms with Gasteiger partial charge in [0.2, 0.25) is 0 Å². The van der Waals surface area contributed by atoms with Crippen LogP contribution in [0.5, 0.6) is 0 Å². The zero-order valence-corrected chi connectivity index (χ0v) is 18.5. The van der Waals surface area contributed by atoms with Crippen LogP contribution in [0.2, 0.25) is 10.0 Å². The molecule has 3 rings (SSSR count). The van der Waals surface area contributed by atoms with Crippen LogP contribution in [-0.4, -0.2) is 20.7 Å². The smallest absolute Gasteiger partial charge is 0.175 e. The fraction of sp³-hybridized carbons (Fsp3) is 0.190. The molecule has 1 aromatic heterocycles. The van der Waals surface area contributed by atoms with Crippen LogP contribution >= 0.6 is 35.4 Å². The van der Waals surface area contributed by atoms with Gasteiger partial charge >= 0.3 is 0 Å². The molecular formula is C21H20Cl2N4OS. The fourth-order valence-electron chi connectivity index (χ4n) is 2.93. The highest BCUT2D eigenvalue weighted by atomic mass is 35.5. The summed E-state index contributed by atoms with van der Waals surface area (Å²) < 4.78 is 1.89. The van der Waals surface area contributed by atoms with Crippen molar-refractivity contribution in [3.05, 3.63) is 75.0 Å². The molecule has 5 nitrogen and oxygen atoms in total. The van der Waals surface area contributed by atoms with Crippen LogP contribution in [0.15, 0.2) is 42.5 Å². The summed E-state index contributed by atoms with van der Waals surface area (Å²) in [5.41, 5.74) is 4.97. The van der Waals surface area contributed by atoms with Gasteiger partial charge in [-0.15, -0.1) is 0 Å². The standard InChI is InChI=1S/C21H20Cl2N4OS/c1-12-20(25-21(29)24-17-6-4-5-16(10-17)14(3)28)13(2)27(26-12)11-15-7-8-18(22)19(23)9-15/h4-10H,11H2,1-3H3,(H2,24,25,29). The minimum absolute atomic E-state index is 0.00259. The van der Waals surface area contributed by atoms with E-state index in [2.05, 4.69) is 15.7 Å². The van der Waals surface area contributed by atoms with E-state index in [0.29, 0.717) is 27.3 Å². The molecule has 0 spiro atoms. The Hall–Kier alpha value is -2.41. The van der Waals surface area contributed by atoms with Gasteiger partial charge in [0.05, 0.1) is 33.7 Å². The molecule has 0 unspecified atom stereocenters. The highest BCUT2D eigenvalue weighted by Gasteiger charge is 2.14. The van der Waals surface area contributed by atoms with E-state index in [1.807, 2.05) is 42.8 Å². The minimum Gasteiger partial charge on any atom is -0.332 e. The maximum Gasteiger partial charge on any atom is 0.175 e. The Balaban J connectivity index is 1.74. The van der Waals surface area contributed by atoms with Gasteiger partial charge in [0.1, 0.15) is 0 Å². The van der Waals surface area contributed by atoms with E-state index in [-0.39, 0.29) is 5.78 Å². The number of rotatable bonds is 5. The van der Waals surface area contributed by atoms with Crippen molar-refractivity contribution < 1.29 is 4.79 Å². The Morgan fingerprint density at radius 2 is 1.86 bits per heavy atom. The number of carbonyl (C=O) groups is 1. The lowest BCUT2D eigenvalue weighted by atomic mass is 10.1. The second-order valence-electron chi connectivity index (χ2n) is 6.67. The van der Waals surface area contributed by atoms with Gasteiger partial charge in [0.15, 0.2) is 10.9 Å². The molecule has 150 valence electrons. The average molecular weight is 447 g/mol. The van der Waals surface area contributed by atoms with Gasteiger partial charge in [0.25, 0.3) is 0 Å². The second-order valence-corrected chi connectivity index (χ2v) is 7.89. The highest BCUT2D eigenvalue weighted by molar-refractivity contribution is 7.80. The van der Waals surface area contributed by atoms with Gasteiger partial charge in [-0.25, -0.2) is 0 Å². The molecule has 0 fully saturated rings. The Morgan fingerprint density at radius 1 is 1.10 bits per heavy atom. The third kappa shape index (κ3) is 5.15. The van der Waals surface area contributed by atoms with Crippen LogP contribution in [0.1, 0.15) is 34.2 Å². The van der Waals surface area contributed by atoms with Crippen molar-refractivity contribution in [2.45, 2.75) is 27.3 Å². The monoisotopic (exact) mass is 446 g/mol. The van der Waals surface area contributed by atoms with Crippen molar-refractivity contribution in [3.63, 3.8) is 0 Å². The van der Waals surface area contributed by atoms with Crippen LogP contribution in [-0.2, 0) is 6.54 Å². The summed E-state index contributed by atoms with van der Waals surface area (Å²) in [6.07, 6.45) is 0. The number of halogens is 2. The molecule has 0 aliphatic rings. The van der Waals surface area contributed by atoms with E-state index in [9.17, 15) is 4.79 Å². The maximum atomic E-state index is 11.6. The van der Waals surface area contributed by atoms with Crippen molar-refractivity contribution in [2.24, 2.45) is 0 Å². The zero-order valence-electron chi connectivity index (χ0n) is 16.2. The van der Waals surface area contributed by atoms with Crippen LogP contribution in [0, 0.1) is 13.8 Å². The van der Waals surface area contributed by atoms with Crippen molar-refractivity contribution in [3.8, 4) is 0 Å². The van der Waals surface area contributed by atoms with E-state index in [0.717, 1.165) is 28.3 Å². The second kappa shape index (κ2) is 8.95. The van der Waals surface area contributed by atoms with Gasteiger partial charge in [-0.2, -0.15) is 5.10 Å². The van der Waals surface area contributed by atoms with Gasteiger partial charge in [-0.3, -0.25) is 9.48 Å². The summed E-state index contributed by atoms with van der Waals surface area (Å²) in [7, 11) is 0. The van der Waals surface area contributed by atoms with Crippen molar-refractivity contribution in [1.82, 2.24) is 9.78 Å². The Kier molecular flexibility index (Phi) is 6.57. The normalized spacial score (nSPS) is 10.7. The molecule has 0 bridgehead atoms. The number of aryl methyl sites for hydroxylation is 1. The fourth-order valence-corrected chi connectivity index (χ4v) is 3.48. The molecule has 0 saturated heterocycles. The zero-order chi connectivity index (χ0) is 21.1. The predicted molar refractivity (Wildman–Crippen MR) is 124 cm³/mol. The average Bonchev–Trinajstić information content (AvgIpc) is 2.92. The lowest BCUT2D eigenvalue weighted by Gasteiger charge is -2.12. The van der Waals surface area contributed by atoms with Gasteiger partial charge < -0.3 is 10.6 Å². The van der Waals surface area contributed by atoms with Crippen LogP contribution in [0.25, 0.3) is 0 Å². The Bertz CT molecular complexity index is 1090. The van der Waals surface area contributed by atoms with Crippen LogP contribution < -0.4 is 10.6 Å². The predicted octanol–water partition coefficient (Wildman–Crippen LogP) is 5.87. The molecule has 0 saturated carbocycles. The van der Waals surface area contributed by atoms with Crippen molar-refractivity contribution in [2.75, 3.05) is 10.6 Å². The first-order valence-electron chi connectivity index (χ1n) is 8.91. The first-order chi connectivity index (χ1) is 13.7. The summed E-state index contributed by atoms with van der Waals surface area (Å²) in [6.45, 7) is 5.98. The molecule has 3 aromatic rings. The Morgan fingerprint density at radius 3 is 2.55 bits per heavy atom. The van der Waals surface area contributed by atoms with E-state index in [1.54, 1.807) is 18.2 Å². The maximum absolute atomic E-state index is 11.6. The van der Waals surface area contributed by atoms with Crippen LogP contribution in [0.4, 0.5) is 11.4 Å². The van der Waals surface area contributed by atoms with Gasteiger partial charge in [0, 0.05) is 11.3 Å². The largest absolute Gasteiger partial charge is 0.332 e. The number of carbonyl (C=O) groups excluding carboxylic acids is 1. The summed E-state index contributed by atoms with van der Waals surface area (Å²) >= 11 is 17.5. The third-order valence-corrected chi connectivity index (χ3v) is 5.41. The van der Waals surface area contributed by atoms with E-state index >= 15 is 0 Å². The summed E-state index contributed by atoms with van der Waals surface area (Å²) in [4.78, 5) is 11.6. The lowest BCUT2D eigenvalue weighted by molar-refractivity contribution is 0.101. The number of aromatic nitrogens is 2. The molecule has 0 amide bonds. The summed E-state index contributed by atoms with van der Waals surface area (Å²) in [5, 5.41) is 12.4. The number of hydrogen-bond acceptors (Lipinski definition) is 3. The number of anilines is 2. The molecule has 29 heavy (non-hydrogen) atoms. The molecule has 2 N–H and O–H groups in total. The van der Waals surface area contributed by atoms with E-state index in [4.69, 9.17) is 35.4 Å². The summed E-state index contributed by atoms with van der Waals surface area (Å²) in [6, 6.07) is 12.7. The van der Waals surface area contributed by atoms with Crippen LogP contribution in [0.3, 0.4) is 0 Å². The quantitative estimate of drug-likeness (QED) is 0.379. The molecule has 1 heterocycles. The van der Waals surface area contributed by atoms with E-state index in [1.165, 1.54) is 6.92 Å². The molecule has 0 aliphatic heterocycles. The van der Waals surface area contributed by atoms with Gasteiger partial charge in [-0.05, 0) is 62.8 Å². The number of nitrogens with one attached hydrogen (secondary N) is 2. The molecule has 8 heteroatoms. The first-order valence-corrected chi connectivity index (χ1v) is 10.1. The van der Waals surface area contributed by atoms with E-state index < -0.39 is 0 Å². The molecule has 0 aliphatic carbocycles. The van der Waals surface area contributed by atoms with Gasteiger partial charge in [-0.1, -0.05) is 41.4 Å². The molecule has 0 radical (unpaired) electrons. The molecule has 0 atom stereocenters. The van der Waals surface area contributed by atoms with Crippen molar-refractivity contribution in [1.29, 1.82) is 0 Å². The molecular weight excluding hydrogens is 427 g/mol. The summed E-state index contributed by atoms with van der Waals surface area (Å²) in [5.74, 6) is 0.00259. The number of hydrogen-bond donors (Lipinski definition) is 2. The minimum atomic E-state index is 0.00259. The number of ketones is 1. The number of benzene rings is 2. The van der Waals surface area contributed by atoms with Crippen molar-refractivity contribution >= 4 is 57.7 Å². The third-order valence-electron chi connectivity index (χ3n) is 4.46. The lowest BCUT2D eigenvalue weighted by Crippen LogP contribution is -2.20. The number of thiocarbonyl (C=S) groups is 1. The number of nitrogens with zero attached hydrogens (tertiary/aromatic N) is 2. The first kappa shape index (κ1) is 21.3. The Labute approximate surface area is 185 Å².